The van der Waals surface area contributed by atoms with E-state index in [0.717, 1.165) is 27.7 Å². The lowest BCUT2D eigenvalue weighted by Gasteiger charge is -2.10. The Kier molecular flexibility index (Phi) is 3.28. The Bertz CT molecular complexity index is 745. The second-order valence-corrected chi connectivity index (χ2v) is 5.15. The molecule has 20 heavy (non-hydrogen) atoms. The number of hydrogen-bond donors (Lipinski definition) is 0. The smallest absolute Gasteiger partial charge is 0.163 e. The first kappa shape index (κ1) is 12.9. The van der Waals surface area contributed by atoms with Crippen LogP contribution in [0.15, 0.2) is 48.8 Å². The van der Waals surface area contributed by atoms with Crippen LogP contribution in [0.3, 0.4) is 0 Å². The Morgan fingerprint density at radius 2 is 1.75 bits per heavy atom. The lowest BCUT2D eigenvalue weighted by atomic mass is 10.1. The van der Waals surface area contributed by atoms with Crippen molar-refractivity contribution in [2.45, 2.75) is 13.8 Å². The van der Waals surface area contributed by atoms with Gasteiger partial charge in [-0.2, -0.15) is 5.10 Å². The summed E-state index contributed by atoms with van der Waals surface area (Å²) in [4.78, 5) is 4.37. The van der Waals surface area contributed by atoms with Gasteiger partial charge in [-0.3, -0.25) is 0 Å². The van der Waals surface area contributed by atoms with Crippen molar-refractivity contribution in [3.8, 4) is 17.1 Å². The molecule has 0 fully saturated rings. The van der Waals surface area contributed by atoms with Crippen LogP contribution in [0.5, 0.6) is 0 Å². The van der Waals surface area contributed by atoms with Crippen molar-refractivity contribution in [2.24, 2.45) is 0 Å². The highest BCUT2D eigenvalue weighted by atomic mass is 35.5. The van der Waals surface area contributed by atoms with Crippen LogP contribution in [0.1, 0.15) is 11.1 Å². The summed E-state index contributed by atoms with van der Waals surface area (Å²) in [6.45, 7) is 4.05. The first-order valence-electron chi connectivity index (χ1n) is 6.39. The van der Waals surface area contributed by atoms with Crippen LogP contribution in [-0.4, -0.2) is 14.8 Å². The zero-order valence-electron chi connectivity index (χ0n) is 11.3. The molecule has 4 heteroatoms. The monoisotopic (exact) mass is 283 g/mol. The maximum absolute atomic E-state index is 6.19. The maximum atomic E-state index is 6.19. The lowest BCUT2D eigenvalue weighted by molar-refractivity contribution is 0.879. The van der Waals surface area contributed by atoms with Crippen LogP contribution in [0.2, 0.25) is 5.02 Å². The Morgan fingerprint density at radius 3 is 2.50 bits per heavy atom. The Balaban J connectivity index is 2.15. The van der Waals surface area contributed by atoms with Crippen LogP contribution < -0.4 is 0 Å². The number of nitrogens with zero attached hydrogens (tertiary/aromatic N) is 3. The first-order chi connectivity index (χ1) is 9.66. The largest absolute Gasteiger partial charge is 0.215 e. The number of rotatable bonds is 2. The van der Waals surface area contributed by atoms with E-state index < -0.39 is 0 Å². The molecule has 0 radical (unpaired) electrons. The molecular formula is C16H14ClN3. The van der Waals surface area contributed by atoms with E-state index in [2.05, 4.69) is 41.3 Å². The maximum Gasteiger partial charge on any atom is 0.163 e. The van der Waals surface area contributed by atoms with Gasteiger partial charge in [0.2, 0.25) is 0 Å². The van der Waals surface area contributed by atoms with Gasteiger partial charge in [-0.05, 0) is 31.5 Å². The molecule has 1 heterocycles. The van der Waals surface area contributed by atoms with Gasteiger partial charge in [0, 0.05) is 10.6 Å². The second kappa shape index (κ2) is 5.10. The molecule has 1 aromatic heterocycles. The molecule has 0 atom stereocenters. The van der Waals surface area contributed by atoms with E-state index in [-0.39, 0.29) is 0 Å². The van der Waals surface area contributed by atoms with E-state index in [1.54, 1.807) is 6.33 Å². The van der Waals surface area contributed by atoms with Gasteiger partial charge in [-0.25, -0.2) is 9.67 Å². The van der Waals surface area contributed by atoms with Gasteiger partial charge in [-0.1, -0.05) is 47.5 Å². The van der Waals surface area contributed by atoms with Gasteiger partial charge in [0.05, 0.1) is 5.69 Å². The molecule has 2 aromatic carbocycles. The van der Waals surface area contributed by atoms with Gasteiger partial charge in [0.15, 0.2) is 5.82 Å². The Labute approximate surface area is 122 Å². The molecule has 0 spiro atoms. The van der Waals surface area contributed by atoms with E-state index in [1.807, 2.05) is 29.8 Å². The minimum atomic E-state index is 0.729. The fraction of sp³-hybridized carbons (Fsp3) is 0.125. The molecule has 0 bridgehead atoms. The average Bonchev–Trinajstić information content (AvgIpc) is 2.92. The molecule has 0 saturated carbocycles. The summed E-state index contributed by atoms with van der Waals surface area (Å²) in [5.74, 6) is 0.815. The molecule has 0 saturated heterocycles. The van der Waals surface area contributed by atoms with Crippen molar-refractivity contribution in [3.05, 3.63) is 64.9 Å². The van der Waals surface area contributed by atoms with Gasteiger partial charge < -0.3 is 0 Å². The van der Waals surface area contributed by atoms with Crippen LogP contribution in [0, 0.1) is 13.8 Å². The molecule has 0 aliphatic rings. The van der Waals surface area contributed by atoms with Gasteiger partial charge in [-0.15, -0.1) is 0 Å². The summed E-state index contributed by atoms with van der Waals surface area (Å²) >= 11 is 6.19. The van der Waals surface area contributed by atoms with E-state index in [1.165, 1.54) is 5.56 Å². The van der Waals surface area contributed by atoms with E-state index in [9.17, 15) is 0 Å². The first-order valence-corrected chi connectivity index (χ1v) is 6.77. The molecule has 100 valence electrons. The van der Waals surface area contributed by atoms with Crippen molar-refractivity contribution in [1.82, 2.24) is 14.8 Å². The number of benzene rings is 2. The zero-order chi connectivity index (χ0) is 14.1. The van der Waals surface area contributed by atoms with E-state index in [4.69, 9.17) is 11.6 Å². The van der Waals surface area contributed by atoms with Crippen molar-refractivity contribution >= 4 is 11.6 Å². The summed E-state index contributed by atoms with van der Waals surface area (Å²) in [6, 6.07) is 14.0. The fourth-order valence-corrected chi connectivity index (χ4v) is 2.31. The number of aryl methyl sites for hydroxylation is 1. The highest BCUT2D eigenvalue weighted by Crippen LogP contribution is 2.25. The Hall–Kier alpha value is -2.13. The van der Waals surface area contributed by atoms with Crippen molar-refractivity contribution in [3.63, 3.8) is 0 Å². The van der Waals surface area contributed by atoms with Crippen LogP contribution in [-0.2, 0) is 0 Å². The SMILES string of the molecule is Cc1ccc(-c2ncnn2-c2cccc(Cl)c2C)cc1. The number of hydrogen-bond acceptors (Lipinski definition) is 2. The summed E-state index contributed by atoms with van der Waals surface area (Å²) in [5.41, 5.74) is 4.20. The third-order valence-corrected chi connectivity index (χ3v) is 3.73. The van der Waals surface area contributed by atoms with Gasteiger partial charge in [0.25, 0.3) is 0 Å². The lowest BCUT2D eigenvalue weighted by Crippen LogP contribution is -2.02. The van der Waals surface area contributed by atoms with Crippen molar-refractivity contribution in [2.75, 3.05) is 0 Å². The molecule has 3 rings (SSSR count). The third kappa shape index (κ3) is 2.21. The molecule has 0 N–H and O–H groups in total. The minimum Gasteiger partial charge on any atom is -0.215 e. The van der Waals surface area contributed by atoms with Crippen LogP contribution in [0.4, 0.5) is 0 Å². The number of halogens is 1. The predicted molar refractivity (Wildman–Crippen MR) is 81.3 cm³/mol. The Morgan fingerprint density at radius 1 is 1.00 bits per heavy atom. The van der Waals surface area contributed by atoms with E-state index >= 15 is 0 Å². The summed E-state index contributed by atoms with van der Waals surface area (Å²) in [5, 5.41) is 5.06. The molecule has 0 aliphatic carbocycles. The fourth-order valence-electron chi connectivity index (χ4n) is 2.14. The van der Waals surface area contributed by atoms with Crippen molar-refractivity contribution in [1.29, 1.82) is 0 Å². The highest BCUT2D eigenvalue weighted by molar-refractivity contribution is 6.31. The molecule has 3 aromatic rings. The molecule has 0 aliphatic heterocycles. The van der Waals surface area contributed by atoms with Gasteiger partial charge in [0.1, 0.15) is 6.33 Å². The quantitative estimate of drug-likeness (QED) is 0.705. The molecule has 0 unspecified atom stereocenters. The minimum absolute atomic E-state index is 0.729. The average molecular weight is 284 g/mol. The second-order valence-electron chi connectivity index (χ2n) is 4.75. The van der Waals surface area contributed by atoms with Crippen molar-refractivity contribution < 1.29 is 0 Å². The summed E-state index contributed by atoms with van der Waals surface area (Å²) in [7, 11) is 0. The molecule has 3 nitrogen and oxygen atoms in total. The standard InChI is InChI=1S/C16H14ClN3/c1-11-6-8-13(9-7-11)16-18-10-19-20(16)15-5-3-4-14(17)12(15)2/h3-10H,1-2H3. The molecular weight excluding hydrogens is 270 g/mol. The van der Waals surface area contributed by atoms with Crippen LogP contribution in [0.25, 0.3) is 17.1 Å². The topological polar surface area (TPSA) is 30.7 Å². The highest BCUT2D eigenvalue weighted by Gasteiger charge is 2.12. The third-order valence-electron chi connectivity index (χ3n) is 3.32. The zero-order valence-corrected chi connectivity index (χ0v) is 12.1. The normalized spacial score (nSPS) is 10.8. The predicted octanol–water partition coefficient (Wildman–Crippen LogP) is 4.20. The van der Waals surface area contributed by atoms with Crippen LogP contribution >= 0.6 is 11.6 Å². The van der Waals surface area contributed by atoms with Gasteiger partial charge >= 0.3 is 0 Å². The van der Waals surface area contributed by atoms with E-state index in [0.29, 0.717) is 0 Å². The molecule has 0 amide bonds. The summed E-state index contributed by atoms with van der Waals surface area (Å²) in [6.07, 6.45) is 1.57. The summed E-state index contributed by atoms with van der Waals surface area (Å²) < 4.78 is 1.83. The number of aromatic nitrogens is 3.